The summed E-state index contributed by atoms with van der Waals surface area (Å²) < 4.78 is 22.5. The Kier molecular flexibility index (Phi) is 8.78. The molecule has 0 aliphatic rings. The van der Waals surface area contributed by atoms with Crippen LogP contribution in [0.25, 0.3) is 0 Å². The summed E-state index contributed by atoms with van der Waals surface area (Å²) in [6, 6.07) is 0. The van der Waals surface area contributed by atoms with Crippen molar-refractivity contribution in [2.24, 2.45) is 0 Å². The summed E-state index contributed by atoms with van der Waals surface area (Å²) in [5.41, 5.74) is 0. The first kappa shape index (κ1) is 15.8. The van der Waals surface area contributed by atoms with E-state index >= 15 is 0 Å². The summed E-state index contributed by atoms with van der Waals surface area (Å²) >= 11 is 0. The zero-order valence-electron chi connectivity index (χ0n) is 10.8. The van der Waals surface area contributed by atoms with Gasteiger partial charge < -0.3 is 17.7 Å². The maximum absolute atomic E-state index is 5.80. The average molecular weight is 248 g/mol. The molecule has 5 heteroatoms. The molecule has 0 amide bonds. The minimum atomic E-state index is -2.94. The second-order valence-corrected chi connectivity index (χ2v) is 5.35. The van der Waals surface area contributed by atoms with Crippen LogP contribution < -0.4 is 0 Å². The molecule has 0 bridgehead atoms. The molecular weight excluding hydrogens is 224 g/mol. The van der Waals surface area contributed by atoms with Crippen molar-refractivity contribution in [3.05, 3.63) is 12.7 Å². The van der Waals surface area contributed by atoms with E-state index in [1.807, 2.05) is 33.8 Å². The maximum atomic E-state index is 5.80. The molecule has 1 atom stereocenters. The molecule has 0 heterocycles. The molecule has 16 heavy (non-hydrogen) atoms. The van der Waals surface area contributed by atoms with Crippen LogP contribution in [0.1, 0.15) is 34.1 Å². The predicted molar refractivity (Wildman–Crippen MR) is 66.0 cm³/mol. The highest BCUT2D eigenvalue weighted by Crippen LogP contribution is 2.16. The standard InChI is InChI=1S/C11H24O4Si/c1-6-10-11(5)15-16(12-7-2,13-8-3)14-9-4/h6,11H,1,7-10H2,2-5H3. The number of rotatable bonds is 10. The maximum Gasteiger partial charge on any atom is 0.679 e. The Bertz CT molecular complexity index is 170. The highest BCUT2D eigenvalue weighted by atomic mass is 28.4. The topological polar surface area (TPSA) is 36.9 Å². The van der Waals surface area contributed by atoms with Crippen molar-refractivity contribution >= 4 is 9.05 Å². The van der Waals surface area contributed by atoms with E-state index in [0.29, 0.717) is 19.8 Å². The van der Waals surface area contributed by atoms with E-state index < -0.39 is 9.05 Å². The minimum absolute atomic E-state index is 0.00573. The molecule has 0 radical (unpaired) electrons. The summed E-state index contributed by atoms with van der Waals surface area (Å²) in [5.74, 6) is 0. The van der Waals surface area contributed by atoms with Gasteiger partial charge in [-0.05, 0) is 34.1 Å². The zero-order valence-corrected chi connectivity index (χ0v) is 11.8. The Morgan fingerprint density at radius 1 is 1.06 bits per heavy atom. The largest absolute Gasteiger partial charge is 0.679 e. The third kappa shape index (κ3) is 5.76. The van der Waals surface area contributed by atoms with Gasteiger partial charge >= 0.3 is 9.05 Å². The fourth-order valence-corrected chi connectivity index (χ4v) is 3.39. The highest BCUT2D eigenvalue weighted by Gasteiger charge is 2.46. The molecule has 0 aromatic rings. The second-order valence-electron chi connectivity index (χ2n) is 3.25. The summed E-state index contributed by atoms with van der Waals surface area (Å²) in [4.78, 5) is 0. The monoisotopic (exact) mass is 248 g/mol. The van der Waals surface area contributed by atoms with Gasteiger partial charge in [0.05, 0.1) is 6.10 Å². The molecule has 0 aromatic heterocycles. The molecule has 0 aliphatic heterocycles. The second kappa shape index (κ2) is 8.89. The van der Waals surface area contributed by atoms with Crippen LogP contribution in [0.15, 0.2) is 12.7 Å². The van der Waals surface area contributed by atoms with Crippen LogP contribution in [0.3, 0.4) is 0 Å². The Morgan fingerprint density at radius 3 is 1.81 bits per heavy atom. The molecule has 0 saturated heterocycles. The van der Waals surface area contributed by atoms with Crippen LogP contribution in [0.4, 0.5) is 0 Å². The lowest BCUT2D eigenvalue weighted by Gasteiger charge is -2.29. The van der Waals surface area contributed by atoms with Crippen LogP contribution in [0.2, 0.25) is 0 Å². The molecular formula is C11H24O4Si. The summed E-state index contributed by atoms with van der Waals surface area (Å²) in [6.07, 6.45) is 2.56. The van der Waals surface area contributed by atoms with Gasteiger partial charge in [-0.25, -0.2) is 0 Å². The molecule has 0 fully saturated rings. The van der Waals surface area contributed by atoms with E-state index in [0.717, 1.165) is 6.42 Å². The van der Waals surface area contributed by atoms with Crippen LogP contribution in [0.5, 0.6) is 0 Å². The summed E-state index contributed by atoms with van der Waals surface area (Å²) in [7, 11) is -2.94. The lowest BCUT2D eigenvalue weighted by atomic mass is 10.3. The Balaban J connectivity index is 4.50. The summed E-state index contributed by atoms with van der Waals surface area (Å²) in [5, 5.41) is 0. The van der Waals surface area contributed by atoms with Gasteiger partial charge in [0, 0.05) is 19.8 Å². The van der Waals surface area contributed by atoms with Gasteiger partial charge in [0.15, 0.2) is 0 Å². The van der Waals surface area contributed by atoms with E-state index in [-0.39, 0.29) is 6.10 Å². The van der Waals surface area contributed by atoms with Gasteiger partial charge in [0.1, 0.15) is 0 Å². The first-order chi connectivity index (χ1) is 7.64. The Morgan fingerprint density at radius 2 is 1.50 bits per heavy atom. The summed E-state index contributed by atoms with van der Waals surface area (Å²) in [6.45, 7) is 12.9. The molecule has 0 aliphatic carbocycles. The van der Waals surface area contributed by atoms with Crippen LogP contribution >= 0.6 is 0 Å². The van der Waals surface area contributed by atoms with Crippen LogP contribution in [0, 0.1) is 0 Å². The molecule has 0 rings (SSSR count). The lowest BCUT2D eigenvalue weighted by Crippen LogP contribution is -2.51. The molecule has 96 valence electrons. The van der Waals surface area contributed by atoms with Gasteiger partial charge in [-0.1, -0.05) is 6.08 Å². The van der Waals surface area contributed by atoms with E-state index in [1.165, 1.54) is 0 Å². The quantitative estimate of drug-likeness (QED) is 0.440. The fraction of sp³-hybridized carbons (Fsp3) is 0.818. The van der Waals surface area contributed by atoms with E-state index in [2.05, 4.69) is 6.58 Å². The number of hydrogen-bond acceptors (Lipinski definition) is 4. The van der Waals surface area contributed by atoms with Gasteiger partial charge in [-0.15, -0.1) is 6.58 Å². The van der Waals surface area contributed by atoms with Gasteiger partial charge in [0.25, 0.3) is 0 Å². The average Bonchev–Trinajstić information content (AvgIpc) is 2.18. The van der Waals surface area contributed by atoms with Crippen molar-refractivity contribution in [2.45, 2.75) is 40.2 Å². The zero-order chi connectivity index (χ0) is 12.4. The third-order valence-corrected chi connectivity index (χ3v) is 4.43. The van der Waals surface area contributed by atoms with Crippen LogP contribution in [-0.2, 0) is 17.7 Å². The normalized spacial score (nSPS) is 13.8. The minimum Gasteiger partial charge on any atom is -0.351 e. The number of hydrogen-bond donors (Lipinski definition) is 0. The predicted octanol–water partition coefficient (Wildman–Crippen LogP) is 2.51. The van der Waals surface area contributed by atoms with Crippen molar-refractivity contribution in [1.29, 1.82) is 0 Å². The lowest BCUT2D eigenvalue weighted by molar-refractivity contribution is -0.0455. The SMILES string of the molecule is C=CCC(C)O[Si](OCC)(OCC)OCC. The smallest absolute Gasteiger partial charge is 0.351 e. The van der Waals surface area contributed by atoms with Crippen molar-refractivity contribution in [2.75, 3.05) is 19.8 Å². The van der Waals surface area contributed by atoms with E-state index in [4.69, 9.17) is 17.7 Å². The van der Waals surface area contributed by atoms with Gasteiger partial charge in [-0.3, -0.25) is 0 Å². The van der Waals surface area contributed by atoms with Crippen molar-refractivity contribution < 1.29 is 17.7 Å². The first-order valence-electron chi connectivity index (χ1n) is 5.84. The molecule has 1 unspecified atom stereocenters. The molecule has 0 saturated carbocycles. The van der Waals surface area contributed by atoms with E-state index in [9.17, 15) is 0 Å². The Hall–Kier alpha value is -0.203. The highest BCUT2D eigenvalue weighted by molar-refractivity contribution is 6.53. The van der Waals surface area contributed by atoms with Gasteiger partial charge in [0.2, 0.25) is 0 Å². The van der Waals surface area contributed by atoms with E-state index in [1.54, 1.807) is 0 Å². The fourth-order valence-electron chi connectivity index (χ4n) is 1.29. The molecule has 0 aromatic carbocycles. The van der Waals surface area contributed by atoms with Crippen molar-refractivity contribution in [3.8, 4) is 0 Å². The van der Waals surface area contributed by atoms with Crippen molar-refractivity contribution in [1.82, 2.24) is 0 Å². The third-order valence-electron chi connectivity index (χ3n) is 1.81. The molecule has 0 spiro atoms. The van der Waals surface area contributed by atoms with Crippen LogP contribution in [-0.4, -0.2) is 35.0 Å². The molecule has 0 N–H and O–H groups in total. The Labute approximate surface area is 100 Å². The van der Waals surface area contributed by atoms with Crippen molar-refractivity contribution in [3.63, 3.8) is 0 Å². The first-order valence-corrected chi connectivity index (χ1v) is 7.47. The van der Waals surface area contributed by atoms with Gasteiger partial charge in [-0.2, -0.15) is 0 Å². The molecule has 4 nitrogen and oxygen atoms in total.